The number of piperidine rings is 1. The summed E-state index contributed by atoms with van der Waals surface area (Å²) in [6, 6.07) is 17.5. The Labute approximate surface area is 206 Å². The predicted molar refractivity (Wildman–Crippen MR) is 134 cm³/mol. The van der Waals surface area contributed by atoms with Crippen molar-refractivity contribution in [3.05, 3.63) is 94.0 Å². The highest BCUT2D eigenvalue weighted by atomic mass is 19.2. The van der Waals surface area contributed by atoms with Crippen LogP contribution in [0.1, 0.15) is 60.9 Å². The Morgan fingerprint density at radius 3 is 2.60 bits per heavy atom. The molecule has 2 unspecified atom stereocenters. The number of ether oxygens (including phenoxy) is 2. The number of halogens is 2. The topological polar surface area (TPSA) is 30.5 Å². The Bertz CT molecular complexity index is 1250. The van der Waals surface area contributed by atoms with E-state index in [-0.39, 0.29) is 11.5 Å². The summed E-state index contributed by atoms with van der Waals surface area (Å²) in [5, 5.41) is 3.49. The molecular formula is C30H33F2NO2. The Morgan fingerprint density at radius 1 is 1.06 bits per heavy atom. The maximum atomic E-state index is 14.3. The van der Waals surface area contributed by atoms with E-state index in [1.54, 1.807) is 0 Å². The molecule has 2 aliphatic rings. The Hall–Kier alpha value is -2.60. The zero-order valence-electron chi connectivity index (χ0n) is 20.9. The van der Waals surface area contributed by atoms with Gasteiger partial charge in [-0.15, -0.1) is 0 Å². The molecule has 35 heavy (non-hydrogen) atoms. The molecular weight excluding hydrogens is 444 g/mol. The zero-order valence-corrected chi connectivity index (χ0v) is 20.9. The molecule has 1 N–H and O–H groups in total. The molecule has 0 aromatic heterocycles. The van der Waals surface area contributed by atoms with Crippen LogP contribution in [0.5, 0.6) is 0 Å². The minimum absolute atomic E-state index is 0.00382. The second-order valence-corrected chi connectivity index (χ2v) is 10.7. The van der Waals surface area contributed by atoms with Crippen molar-refractivity contribution in [2.75, 3.05) is 13.1 Å². The third kappa shape index (κ3) is 4.53. The van der Waals surface area contributed by atoms with Crippen LogP contribution in [0.15, 0.2) is 54.6 Å². The van der Waals surface area contributed by atoms with E-state index in [2.05, 4.69) is 69.4 Å². The fourth-order valence-electron chi connectivity index (χ4n) is 5.56. The largest absolute Gasteiger partial charge is 0.371 e. The first-order chi connectivity index (χ1) is 16.7. The van der Waals surface area contributed by atoms with Gasteiger partial charge in [-0.05, 0) is 91.7 Å². The van der Waals surface area contributed by atoms with Crippen molar-refractivity contribution >= 4 is 0 Å². The standard InChI is InChI=1S/C30H33F2NO2/c1-19-13-20(24-8-6-5-7-21(24)17-34-29(2,3)4)9-10-23(19)26-16-33-12-11-30(26)25-15-28(32)27(31)14-22(25)18-35-30/h5-10,13-15,26,33H,11-12,16-18H2,1-4H3. The lowest BCUT2D eigenvalue weighted by Gasteiger charge is -2.42. The van der Waals surface area contributed by atoms with Crippen molar-refractivity contribution in [3.8, 4) is 11.1 Å². The van der Waals surface area contributed by atoms with Crippen molar-refractivity contribution in [2.45, 2.75) is 64.4 Å². The van der Waals surface area contributed by atoms with Crippen molar-refractivity contribution < 1.29 is 18.3 Å². The summed E-state index contributed by atoms with van der Waals surface area (Å²) in [6.45, 7) is 10.6. The molecule has 1 spiro atoms. The number of benzene rings is 3. The van der Waals surface area contributed by atoms with Crippen molar-refractivity contribution in [2.24, 2.45) is 0 Å². The maximum absolute atomic E-state index is 14.3. The lowest BCUT2D eigenvalue weighted by molar-refractivity contribution is -0.0750. The normalized spacial score (nSPS) is 21.9. The Morgan fingerprint density at radius 2 is 1.83 bits per heavy atom. The fourth-order valence-corrected chi connectivity index (χ4v) is 5.56. The van der Waals surface area contributed by atoms with Crippen molar-refractivity contribution in [1.29, 1.82) is 0 Å². The van der Waals surface area contributed by atoms with Gasteiger partial charge in [0.25, 0.3) is 0 Å². The zero-order chi connectivity index (χ0) is 24.8. The highest BCUT2D eigenvalue weighted by Gasteiger charge is 2.49. The summed E-state index contributed by atoms with van der Waals surface area (Å²) < 4.78 is 40.7. The van der Waals surface area contributed by atoms with E-state index in [1.165, 1.54) is 17.7 Å². The molecule has 3 aromatic rings. The number of nitrogens with one attached hydrogen (secondary N) is 1. The summed E-state index contributed by atoms with van der Waals surface area (Å²) >= 11 is 0. The molecule has 0 saturated carbocycles. The van der Waals surface area contributed by atoms with Gasteiger partial charge in [0.1, 0.15) is 5.60 Å². The SMILES string of the molecule is Cc1cc(-c2ccccc2COC(C)(C)C)ccc1C1CNCCC12OCc1cc(F)c(F)cc12. The molecule has 1 saturated heterocycles. The van der Waals surface area contributed by atoms with E-state index in [4.69, 9.17) is 9.47 Å². The van der Waals surface area contributed by atoms with Crippen LogP contribution >= 0.6 is 0 Å². The molecule has 5 heteroatoms. The average Bonchev–Trinajstić information content (AvgIpc) is 3.15. The van der Waals surface area contributed by atoms with Gasteiger partial charge < -0.3 is 14.8 Å². The number of hydrogen-bond donors (Lipinski definition) is 1. The number of fused-ring (bicyclic) bond motifs is 2. The lowest BCUT2D eigenvalue weighted by atomic mass is 9.72. The van der Waals surface area contributed by atoms with E-state index < -0.39 is 17.2 Å². The molecule has 184 valence electrons. The van der Waals surface area contributed by atoms with E-state index in [0.29, 0.717) is 26.2 Å². The molecule has 1 fully saturated rings. The number of hydrogen-bond acceptors (Lipinski definition) is 3. The first-order valence-electron chi connectivity index (χ1n) is 12.3. The van der Waals surface area contributed by atoms with E-state index in [0.717, 1.165) is 39.9 Å². The maximum Gasteiger partial charge on any atom is 0.159 e. The lowest BCUT2D eigenvalue weighted by Crippen LogP contribution is -2.46. The molecule has 5 rings (SSSR count). The van der Waals surface area contributed by atoms with Gasteiger partial charge in [-0.2, -0.15) is 0 Å². The quantitative estimate of drug-likeness (QED) is 0.450. The van der Waals surface area contributed by atoms with Crippen LogP contribution in [0.4, 0.5) is 8.78 Å². The Balaban J connectivity index is 1.51. The van der Waals surface area contributed by atoms with E-state index in [9.17, 15) is 8.78 Å². The van der Waals surface area contributed by atoms with Crippen LogP contribution in [-0.4, -0.2) is 18.7 Å². The van der Waals surface area contributed by atoms with E-state index >= 15 is 0 Å². The number of aryl methyl sites for hydroxylation is 1. The molecule has 2 atom stereocenters. The van der Waals surface area contributed by atoms with Crippen LogP contribution in [0.25, 0.3) is 11.1 Å². The second kappa shape index (κ2) is 9.12. The fraction of sp³-hybridized carbons (Fsp3) is 0.400. The van der Waals surface area contributed by atoms with Crippen LogP contribution in [0.3, 0.4) is 0 Å². The summed E-state index contributed by atoms with van der Waals surface area (Å²) in [4.78, 5) is 0. The smallest absolute Gasteiger partial charge is 0.159 e. The van der Waals surface area contributed by atoms with Crippen molar-refractivity contribution in [3.63, 3.8) is 0 Å². The average molecular weight is 478 g/mol. The Kier molecular flexibility index (Phi) is 6.28. The summed E-state index contributed by atoms with van der Waals surface area (Å²) in [7, 11) is 0. The molecule has 0 bridgehead atoms. The minimum atomic E-state index is -0.815. The van der Waals surface area contributed by atoms with Crippen molar-refractivity contribution in [1.82, 2.24) is 5.32 Å². The third-order valence-corrected chi connectivity index (χ3v) is 7.31. The van der Waals surface area contributed by atoms with Gasteiger partial charge in [-0.25, -0.2) is 8.78 Å². The van der Waals surface area contributed by atoms with Gasteiger partial charge in [0, 0.05) is 12.5 Å². The van der Waals surface area contributed by atoms with Gasteiger partial charge in [0.15, 0.2) is 11.6 Å². The van der Waals surface area contributed by atoms with Gasteiger partial charge in [0.05, 0.1) is 18.8 Å². The first-order valence-corrected chi connectivity index (χ1v) is 12.3. The van der Waals surface area contributed by atoms with Crippen LogP contribution in [0, 0.1) is 18.6 Å². The van der Waals surface area contributed by atoms with Gasteiger partial charge in [0.2, 0.25) is 0 Å². The summed E-state index contributed by atoms with van der Waals surface area (Å²) in [6.07, 6.45) is 0.712. The van der Waals surface area contributed by atoms with Gasteiger partial charge in [-0.1, -0.05) is 42.5 Å². The van der Waals surface area contributed by atoms with E-state index in [1.807, 2.05) is 6.07 Å². The highest BCUT2D eigenvalue weighted by Crippen LogP contribution is 2.51. The molecule has 0 radical (unpaired) electrons. The summed E-state index contributed by atoms with van der Waals surface area (Å²) in [5.74, 6) is -1.63. The van der Waals surface area contributed by atoms with Crippen LogP contribution < -0.4 is 5.32 Å². The van der Waals surface area contributed by atoms with Crippen LogP contribution in [-0.2, 0) is 28.3 Å². The molecule has 0 amide bonds. The molecule has 3 aromatic carbocycles. The second-order valence-electron chi connectivity index (χ2n) is 10.7. The summed E-state index contributed by atoms with van der Waals surface area (Å²) in [5.41, 5.74) is 6.43. The first kappa shape index (κ1) is 24.1. The highest BCUT2D eigenvalue weighted by molar-refractivity contribution is 5.68. The molecule has 0 aliphatic carbocycles. The van der Waals surface area contributed by atoms with Crippen LogP contribution in [0.2, 0.25) is 0 Å². The van der Waals surface area contributed by atoms with Gasteiger partial charge in [-0.3, -0.25) is 0 Å². The minimum Gasteiger partial charge on any atom is -0.371 e. The molecule has 3 nitrogen and oxygen atoms in total. The predicted octanol–water partition coefficient (Wildman–Crippen LogP) is 6.76. The van der Waals surface area contributed by atoms with Gasteiger partial charge >= 0.3 is 0 Å². The monoisotopic (exact) mass is 477 g/mol. The molecule has 2 aliphatic heterocycles. The third-order valence-electron chi connectivity index (χ3n) is 7.31. The number of rotatable bonds is 4. The molecule has 2 heterocycles.